The molecule has 1 saturated heterocycles. The van der Waals surface area contributed by atoms with E-state index in [-0.39, 0.29) is 0 Å². The molecule has 0 spiro atoms. The van der Waals surface area contributed by atoms with Crippen LogP contribution < -0.4 is 10.6 Å². The largest absolute Gasteiger partial charge is 0.341 e. The molecule has 1 aromatic rings. The fourth-order valence-corrected chi connectivity index (χ4v) is 2.34. The monoisotopic (exact) mass is 224 g/mol. The zero-order valence-electron chi connectivity index (χ0n) is 8.94. The highest BCUT2D eigenvalue weighted by molar-refractivity contribution is 7.98. The van der Waals surface area contributed by atoms with Crippen molar-refractivity contribution in [1.82, 2.24) is 9.97 Å². The molecule has 2 rings (SSSR count). The topological polar surface area (TPSA) is 55.0 Å². The number of hydrogen-bond acceptors (Lipinski definition) is 5. The van der Waals surface area contributed by atoms with Crippen LogP contribution in [0.1, 0.15) is 18.4 Å². The van der Waals surface area contributed by atoms with Crippen LogP contribution >= 0.6 is 11.8 Å². The Labute approximate surface area is 94.3 Å². The van der Waals surface area contributed by atoms with Gasteiger partial charge in [-0.3, -0.25) is 0 Å². The second kappa shape index (κ2) is 4.81. The molecule has 15 heavy (non-hydrogen) atoms. The van der Waals surface area contributed by atoms with Gasteiger partial charge in [-0.1, -0.05) is 0 Å². The number of aromatic nitrogens is 2. The number of nitrogens with zero attached hydrogens (tertiary/aromatic N) is 3. The SMILES string of the molecule is CSc1nc(N2CCCC2)ncc1CN. The van der Waals surface area contributed by atoms with Gasteiger partial charge in [0.15, 0.2) is 0 Å². The summed E-state index contributed by atoms with van der Waals surface area (Å²) in [5.41, 5.74) is 6.66. The Kier molecular flexibility index (Phi) is 3.43. The van der Waals surface area contributed by atoms with E-state index in [1.807, 2.05) is 12.5 Å². The van der Waals surface area contributed by atoms with Gasteiger partial charge in [0.25, 0.3) is 0 Å². The fourth-order valence-electron chi connectivity index (χ4n) is 1.77. The van der Waals surface area contributed by atoms with E-state index in [4.69, 9.17) is 5.73 Å². The molecule has 1 fully saturated rings. The van der Waals surface area contributed by atoms with Gasteiger partial charge >= 0.3 is 0 Å². The van der Waals surface area contributed by atoms with Gasteiger partial charge in [0, 0.05) is 31.4 Å². The minimum absolute atomic E-state index is 0.510. The van der Waals surface area contributed by atoms with Gasteiger partial charge < -0.3 is 10.6 Å². The lowest BCUT2D eigenvalue weighted by Gasteiger charge is -2.16. The molecule has 0 saturated carbocycles. The zero-order valence-corrected chi connectivity index (χ0v) is 9.76. The molecule has 4 nitrogen and oxygen atoms in total. The van der Waals surface area contributed by atoms with E-state index in [0.717, 1.165) is 29.6 Å². The highest BCUT2D eigenvalue weighted by Gasteiger charge is 2.16. The maximum atomic E-state index is 5.62. The Morgan fingerprint density at radius 2 is 2.20 bits per heavy atom. The number of thioether (sulfide) groups is 1. The molecule has 0 bridgehead atoms. The second-order valence-electron chi connectivity index (χ2n) is 3.60. The lowest BCUT2D eigenvalue weighted by atomic mass is 10.3. The molecule has 0 amide bonds. The third-order valence-corrected chi connectivity index (χ3v) is 3.35. The van der Waals surface area contributed by atoms with Gasteiger partial charge in [-0.15, -0.1) is 11.8 Å². The first kappa shape index (κ1) is 10.7. The van der Waals surface area contributed by atoms with Crippen molar-refractivity contribution in [2.45, 2.75) is 24.4 Å². The first-order valence-corrected chi connectivity index (χ1v) is 6.42. The minimum atomic E-state index is 0.510. The molecule has 0 aromatic carbocycles. The highest BCUT2D eigenvalue weighted by atomic mass is 32.2. The number of hydrogen-bond donors (Lipinski definition) is 1. The van der Waals surface area contributed by atoms with Crippen LogP contribution in [-0.4, -0.2) is 29.3 Å². The van der Waals surface area contributed by atoms with Gasteiger partial charge in [-0.25, -0.2) is 9.97 Å². The van der Waals surface area contributed by atoms with Gasteiger partial charge in [0.1, 0.15) is 5.03 Å². The van der Waals surface area contributed by atoms with Crippen molar-refractivity contribution in [2.24, 2.45) is 5.73 Å². The summed E-state index contributed by atoms with van der Waals surface area (Å²) in [6.07, 6.45) is 6.37. The second-order valence-corrected chi connectivity index (χ2v) is 4.40. The predicted octanol–water partition coefficient (Wildman–Crippen LogP) is 1.26. The smallest absolute Gasteiger partial charge is 0.226 e. The van der Waals surface area contributed by atoms with E-state index in [1.54, 1.807) is 11.8 Å². The molecule has 2 N–H and O–H groups in total. The molecule has 1 aromatic heterocycles. The van der Waals surface area contributed by atoms with Crippen LogP contribution in [0.5, 0.6) is 0 Å². The summed E-state index contributed by atoms with van der Waals surface area (Å²) < 4.78 is 0. The van der Waals surface area contributed by atoms with Crippen LogP contribution in [0.2, 0.25) is 0 Å². The van der Waals surface area contributed by atoms with E-state index >= 15 is 0 Å². The molecule has 0 aliphatic carbocycles. The molecular formula is C10H16N4S. The van der Waals surface area contributed by atoms with Crippen LogP contribution in [0.15, 0.2) is 11.2 Å². The van der Waals surface area contributed by atoms with E-state index in [0.29, 0.717) is 6.54 Å². The molecule has 5 heteroatoms. The summed E-state index contributed by atoms with van der Waals surface area (Å²) in [5.74, 6) is 0.856. The molecule has 1 aliphatic heterocycles. The lowest BCUT2D eigenvalue weighted by molar-refractivity contribution is 0.846. The first-order chi connectivity index (χ1) is 7.35. The van der Waals surface area contributed by atoms with Crippen molar-refractivity contribution in [3.05, 3.63) is 11.8 Å². The third-order valence-electron chi connectivity index (χ3n) is 2.61. The Morgan fingerprint density at radius 1 is 1.47 bits per heavy atom. The Hall–Kier alpha value is -0.810. The summed E-state index contributed by atoms with van der Waals surface area (Å²) in [6.45, 7) is 2.67. The third kappa shape index (κ3) is 2.23. The molecule has 0 radical (unpaired) electrons. The summed E-state index contributed by atoms with van der Waals surface area (Å²) in [5, 5.41) is 1.01. The molecule has 0 unspecified atom stereocenters. The molecule has 2 heterocycles. The van der Waals surface area contributed by atoms with Gasteiger partial charge in [-0.2, -0.15) is 0 Å². The maximum Gasteiger partial charge on any atom is 0.226 e. The van der Waals surface area contributed by atoms with Crippen LogP contribution in [0, 0.1) is 0 Å². The predicted molar refractivity (Wildman–Crippen MR) is 63.2 cm³/mol. The average Bonchev–Trinajstić information content (AvgIpc) is 2.81. The van der Waals surface area contributed by atoms with Crippen LogP contribution in [0.3, 0.4) is 0 Å². The quantitative estimate of drug-likeness (QED) is 0.619. The standard InChI is InChI=1S/C10H16N4S/c1-15-9-8(6-11)7-12-10(13-9)14-4-2-3-5-14/h7H,2-6,11H2,1H3. The Morgan fingerprint density at radius 3 is 2.80 bits per heavy atom. The maximum absolute atomic E-state index is 5.62. The van der Waals surface area contributed by atoms with Crippen LogP contribution in [0.25, 0.3) is 0 Å². The van der Waals surface area contributed by atoms with Crippen molar-refractivity contribution in [3.8, 4) is 0 Å². The lowest BCUT2D eigenvalue weighted by Crippen LogP contribution is -2.21. The molecule has 0 atom stereocenters. The summed E-state index contributed by atoms with van der Waals surface area (Å²) in [4.78, 5) is 11.1. The van der Waals surface area contributed by atoms with Crippen molar-refractivity contribution in [2.75, 3.05) is 24.2 Å². The highest BCUT2D eigenvalue weighted by Crippen LogP contribution is 2.21. The minimum Gasteiger partial charge on any atom is -0.341 e. The Bertz CT molecular complexity index is 336. The molecule has 82 valence electrons. The fraction of sp³-hybridized carbons (Fsp3) is 0.600. The van der Waals surface area contributed by atoms with Crippen molar-refractivity contribution < 1.29 is 0 Å². The van der Waals surface area contributed by atoms with Gasteiger partial charge in [0.2, 0.25) is 5.95 Å². The summed E-state index contributed by atoms with van der Waals surface area (Å²) in [7, 11) is 0. The summed E-state index contributed by atoms with van der Waals surface area (Å²) in [6, 6.07) is 0. The van der Waals surface area contributed by atoms with Gasteiger partial charge in [0.05, 0.1) is 0 Å². The van der Waals surface area contributed by atoms with Crippen LogP contribution in [0.4, 0.5) is 5.95 Å². The van der Waals surface area contributed by atoms with Gasteiger partial charge in [-0.05, 0) is 19.1 Å². The van der Waals surface area contributed by atoms with Crippen molar-refractivity contribution in [3.63, 3.8) is 0 Å². The first-order valence-electron chi connectivity index (χ1n) is 5.20. The van der Waals surface area contributed by atoms with Crippen molar-refractivity contribution in [1.29, 1.82) is 0 Å². The van der Waals surface area contributed by atoms with E-state index < -0.39 is 0 Å². The van der Waals surface area contributed by atoms with E-state index in [2.05, 4.69) is 14.9 Å². The molecular weight excluding hydrogens is 208 g/mol. The van der Waals surface area contributed by atoms with Crippen molar-refractivity contribution >= 4 is 17.7 Å². The average molecular weight is 224 g/mol. The van der Waals surface area contributed by atoms with E-state index in [1.165, 1.54) is 12.8 Å². The number of nitrogens with two attached hydrogens (primary N) is 1. The zero-order chi connectivity index (χ0) is 10.7. The molecule has 1 aliphatic rings. The van der Waals surface area contributed by atoms with E-state index in [9.17, 15) is 0 Å². The number of anilines is 1. The van der Waals surface area contributed by atoms with Crippen LogP contribution in [-0.2, 0) is 6.54 Å². The Balaban J connectivity index is 2.25. The normalized spacial score (nSPS) is 16.0. The summed E-state index contributed by atoms with van der Waals surface area (Å²) >= 11 is 1.64. The number of rotatable bonds is 3.